The molecule has 1 saturated heterocycles. The van der Waals surface area contributed by atoms with Crippen LogP contribution in [0.15, 0.2) is 36.8 Å². The molecule has 5 heteroatoms. The first kappa shape index (κ1) is 14.1. The summed E-state index contributed by atoms with van der Waals surface area (Å²) in [5, 5.41) is 3.70. The van der Waals surface area contributed by atoms with Gasteiger partial charge in [-0.05, 0) is 31.9 Å². The molecule has 1 aliphatic heterocycles. The van der Waals surface area contributed by atoms with E-state index in [4.69, 9.17) is 0 Å². The SMILES string of the molecule is CC(NC1CCN(c2ccccn2)CC1)c1nccn1C. The Morgan fingerprint density at radius 2 is 2.00 bits per heavy atom. The minimum Gasteiger partial charge on any atom is -0.357 e. The summed E-state index contributed by atoms with van der Waals surface area (Å²) in [4.78, 5) is 11.2. The van der Waals surface area contributed by atoms with Gasteiger partial charge in [-0.3, -0.25) is 0 Å². The number of nitrogens with one attached hydrogen (secondary N) is 1. The second kappa shape index (κ2) is 6.26. The average Bonchev–Trinajstić information content (AvgIpc) is 2.95. The van der Waals surface area contributed by atoms with E-state index in [-0.39, 0.29) is 6.04 Å². The molecule has 0 aliphatic carbocycles. The van der Waals surface area contributed by atoms with Crippen molar-refractivity contribution >= 4 is 5.82 Å². The largest absolute Gasteiger partial charge is 0.357 e. The molecular formula is C16H23N5. The molecule has 1 aliphatic rings. The number of anilines is 1. The highest BCUT2D eigenvalue weighted by Crippen LogP contribution is 2.19. The molecule has 0 aromatic carbocycles. The number of hydrogen-bond donors (Lipinski definition) is 1. The number of pyridine rings is 1. The van der Waals surface area contributed by atoms with Crippen LogP contribution in [-0.2, 0) is 7.05 Å². The number of imidazole rings is 1. The predicted molar refractivity (Wildman–Crippen MR) is 84.2 cm³/mol. The number of rotatable bonds is 4. The van der Waals surface area contributed by atoms with Crippen molar-refractivity contribution in [3.05, 3.63) is 42.6 Å². The van der Waals surface area contributed by atoms with Crippen molar-refractivity contribution in [1.29, 1.82) is 0 Å². The van der Waals surface area contributed by atoms with Gasteiger partial charge >= 0.3 is 0 Å². The molecule has 3 heterocycles. The molecule has 0 radical (unpaired) electrons. The molecule has 3 rings (SSSR count). The van der Waals surface area contributed by atoms with Gasteiger partial charge in [0.1, 0.15) is 11.6 Å². The zero-order valence-electron chi connectivity index (χ0n) is 12.7. The highest BCUT2D eigenvalue weighted by atomic mass is 15.2. The summed E-state index contributed by atoms with van der Waals surface area (Å²) in [6, 6.07) is 6.94. The van der Waals surface area contributed by atoms with E-state index in [0.717, 1.165) is 37.6 Å². The molecule has 1 unspecified atom stereocenters. The lowest BCUT2D eigenvalue weighted by Gasteiger charge is -2.34. The molecule has 0 saturated carbocycles. The Bertz CT molecular complexity index is 557. The highest BCUT2D eigenvalue weighted by molar-refractivity contribution is 5.38. The summed E-state index contributed by atoms with van der Waals surface area (Å²) in [6.07, 6.45) is 8.01. The molecule has 2 aromatic heterocycles. The van der Waals surface area contributed by atoms with Crippen molar-refractivity contribution in [2.75, 3.05) is 18.0 Å². The Labute approximate surface area is 126 Å². The van der Waals surface area contributed by atoms with E-state index in [1.165, 1.54) is 0 Å². The van der Waals surface area contributed by atoms with Crippen molar-refractivity contribution in [3.63, 3.8) is 0 Å². The molecule has 1 atom stereocenters. The van der Waals surface area contributed by atoms with Crippen LogP contribution in [-0.4, -0.2) is 33.7 Å². The molecular weight excluding hydrogens is 262 g/mol. The van der Waals surface area contributed by atoms with E-state index in [0.29, 0.717) is 6.04 Å². The van der Waals surface area contributed by atoms with E-state index < -0.39 is 0 Å². The normalized spacial score (nSPS) is 17.9. The summed E-state index contributed by atoms with van der Waals surface area (Å²) in [7, 11) is 2.05. The number of aryl methyl sites for hydroxylation is 1. The lowest BCUT2D eigenvalue weighted by atomic mass is 10.0. The topological polar surface area (TPSA) is 46.0 Å². The Morgan fingerprint density at radius 1 is 1.19 bits per heavy atom. The van der Waals surface area contributed by atoms with Gasteiger partial charge in [0.25, 0.3) is 0 Å². The maximum Gasteiger partial charge on any atom is 0.128 e. The van der Waals surface area contributed by atoms with Crippen molar-refractivity contribution in [2.24, 2.45) is 7.05 Å². The van der Waals surface area contributed by atoms with Crippen LogP contribution in [0.25, 0.3) is 0 Å². The Morgan fingerprint density at radius 3 is 2.62 bits per heavy atom. The summed E-state index contributed by atoms with van der Waals surface area (Å²) in [5.74, 6) is 2.19. The molecule has 21 heavy (non-hydrogen) atoms. The Balaban J connectivity index is 1.53. The third-order valence-corrected chi connectivity index (χ3v) is 4.20. The molecule has 0 bridgehead atoms. The molecule has 2 aromatic rings. The first-order chi connectivity index (χ1) is 10.2. The van der Waals surface area contributed by atoms with Gasteiger partial charge in [-0.15, -0.1) is 0 Å². The first-order valence-corrected chi connectivity index (χ1v) is 7.63. The lowest BCUT2D eigenvalue weighted by molar-refractivity contribution is 0.370. The van der Waals surface area contributed by atoms with E-state index >= 15 is 0 Å². The summed E-state index contributed by atoms with van der Waals surface area (Å²) in [6.45, 7) is 4.30. The fraction of sp³-hybridized carbons (Fsp3) is 0.500. The minimum absolute atomic E-state index is 0.288. The summed E-state index contributed by atoms with van der Waals surface area (Å²) >= 11 is 0. The second-order valence-corrected chi connectivity index (χ2v) is 5.73. The van der Waals surface area contributed by atoms with Gasteiger partial charge in [0, 0.05) is 44.8 Å². The average molecular weight is 285 g/mol. The van der Waals surface area contributed by atoms with E-state index in [2.05, 4.69) is 43.8 Å². The van der Waals surface area contributed by atoms with Crippen LogP contribution in [0, 0.1) is 0 Å². The molecule has 1 N–H and O–H groups in total. The molecule has 1 fully saturated rings. The maximum atomic E-state index is 4.43. The van der Waals surface area contributed by atoms with Crippen LogP contribution in [0.1, 0.15) is 31.6 Å². The molecule has 0 spiro atoms. The van der Waals surface area contributed by atoms with Crippen LogP contribution in [0.4, 0.5) is 5.82 Å². The van der Waals surface area contributed by atoms with Gasteiger partial charge in [-0.2, -0.15) is 0 Å². The smallest absolute Gasteiger partial charge is 0.128 e. The molecule has 112 valence electrons. The Hall–Kier alpha value is -1.88. The number of hydrogen-bond acceptors (Lipinski definition) is 4. The highest BCUT2D eigenvalue weighted by Gasteiger charge is 2.22. The van der Waals surface area contributed by atoms with Gasteiger partial charge in [0.05, 0.1) is 6.04 Å². The van der Waals surface area contributed by atoms with Gasteiger partial charge < -0.3 is 14.8 Å². The van der Waals surface area contributed by atoms with E-state index in [9.17, 15) is 0 Å². The summed E-state index contributed by atoms with van der Waals surface area (Å²) in [5.41, 5.74) is 0. The zero-order valence-corrected chi connectivity index (χ0v) is 12.7. The van der Waals surface area contributed by atoms with Gasteiger partial charge in [-0.1, -0.05) is 6.07 Å². The van der Waals surface area contributed by atoms with Crippen LogP contribution in [0.3, 0.4) is 0 Å². The summed E-state index contributed by atoms with van der Waals surface area (Å²) < 4.78 is 2.08. The van der Waals surface area contributed by atoms with Crippen LogP contribution in [0.2, 0.25) is 0 Å². The lowest BCUT2D eigenvalue weighted by Crippen LogP contribution is -2.43. The van der Waals surface area contributed by atoms with Gasteiger partial charge in [-0.25, -0.2) is 9.97 Å². The number of nitrogens with zero attached hydrogens (tertiary/aromatic N) is 4. The zero-order chi connectivity index (χ0) is 14.7. The quantitative estimate of drug-likeness (QED) is 0.935. The standard InChI is InChI=1S/C16H23N5/c1-13(16-18-9-12-20(16)2)19-14-6-10-21(11-7-14)15-5-3-4-8-17-15/h3-5,8-9,12-14,19H,6-7,10-11H2,1-2H3. The number of aromatic nitrogens is 3. The second-order valence-electron chi connectivity index (χ2n) is 5.73. The monoisotopic (exact) mass is 285 g/mol. The fourth-order valence-electron chi connectivity index (χ4n) is 3.04. The fourth-order valence-corrected chi connectivity index (χ4v) is 3.04. The Kier molecular flexibility index (Phi) is 4.20. The maximum absolute atomic E-state index is 4.43. The van der Waals surface area contributed by atoms with Crippen molar-refractivity contribution in [1.82, 2.24) is 19.9 Å². The molecule has 5 nitrogen and oxygen atoms in total. The first-order valence-electron chi connectivity index (χ1n) is 7.63. The third-order valence-electron chi connectivity index (χ3n) is 4.20. The van der Waals surface area contributed by atoms with Crippen molar-refractivity contribution in [2.45, 2.75) is 31.8 Å². The van der Waals surface area contributed by atoms with Crippen molar-refractivity contribution in [3.8, 4) is 0 Å². The minimum atomic E-state index is 0.288. The van der Waals surface area contributed by atoms with E-state index in [1.807, 2.05) is 31.7 Å². The van der Waals surface area contributed by atoms with Crippen LogP contribution >= 0.6 is 0 Å². The van der Waals surface area contributed by atoms with Gasteiger partial charge in [0.2, 0.25) is 0 Å². The third kappa shape index (κ3) is 3.24. The predicted octanol–water partition coefficient (Wildman–Crippen LogP) is 2.13. The van der Waals surface area contributed by atoms with E-state index in [1.54, 1.807) is 0 Å². The van der Waals surface area contributed by atoms with Crippen LogP contribution < -0.4 is 10.2 Å². The van der Waals surface area contributed by atoms with Crippen molar-refractivity contribution < 1.29 is 0 Å². The molecule has 0 amide bonds. The van der Waals surface area contributed by atoms with Gasteiger partial charge in [0.15, 0.2) is 0 Å². The number of piperidine rings is 1. The van der Waals surface area contributed by atoms with Crippen LogP contribution in [0.5, 0.6) is 0 Å².